The van der Waals surface area contributed by atoms with Gasteiger partial charge in [-0.3, -0.25) is 14.4 Å². The lowest BCUT2D eigenvalue weighted by Crippen LogP contribution is -2.58. The zero-order valence-electron chi connectivity index (χ0n) is 19.4. The van der Waals surface area contributed by atoms with Crippen molar-refractivity contribution in [2.45, 2.75) is 54.4 Å². The second-order valence-electron chi connectivity index (χ2n) is 9.43. The molecule has 0 spiro atoms. The maximum absolute atomic E-state index is 12.2. The van der Waals surface area contributed by atoms with Gasteiger partial charge in [0.05, 0.1) is 34.3 Å². The summed E-state index contributed by atoms with van der Waals surface area (Å²) in [5.74, 6) is -0.821. The van der Waals surface area contributed by atoms with Crippen LogP contribution in [0.5, 0.6) is 11.5 Å². The number of carbonyl (C=O) groups excluding carboxylic acids is 3. The molecule has 32 heavy (non-hydrogen) atoms. The third-order valence-corrected chi connectivity index (χ3v) is 3.40. The number of benzene rings is 1. The topological polar surface area (TPSA) is 171 Å². The van der Waals surface area contributed by atoms with Crippen molar-refractivity contribution in [3.8, 4) is 11.5 Å². The molecule has 1 rings (SSSR count). The van der Waals surface area contributed by atoms with E-state index in [9.17, 15) is 14.4 Å². The van der Waals surface area contributed by atoms with Crippen LogP contribution in [0.2, 0.25) is 0 Å². The van der Waals surface area contributed by atoms with Gasteiger partial charge in [-0.15, -0.1) is 0 Å². The number of hydrogen-bond acceptors (Lipinski definition) is 10. The molecule has 2 N–H and O–H groups in total. The first kappa shape index (κ1) is 29.9. The first-order chi connectivity index (χ1) is 14.3. The van der Waals surface area contributed by atoms with Crippen LogP contribution >= 0.6 is 0 Å². The average molecular weight is 478 g/mol. The van der Waals surface area contributed by atoms with Crippen LogP contribution in [0, 0.1) is 21.1 Å². The number of ether oxygens (including phenoxy) is 2. The lowest BCUT2D eigenvalue weighted by molar-refractivity contribution is -1.92. The van der Waals surface area contributed by atoms with E-state index in [2.05, 4.69) is 5.32 Å². The molecule has 0 aliphatic rings. The Morgan fingerprint density at radius 2 is 1.31 bits per heavy atom. The molecule has 1 aromatic rings. The van der Waals surface area contributed by atoms with Crippen LogP contribution < -0.4 is 28.8 Å². The normalized spacial score (nSPS) is 11.8. The Morgan fingerprint density at radius 1 is 0.906 bits per heavy atom. The summed E-state index contributed by atoms with van der Waals surface area (Å²) in [5.41, 5.74) is -0.110. The highest BCUT2D eigenvalue weighted by molar-refractivity contribution is 5.98. The molecule has 0 bridgehead atoms. The van der Waals surface area contributed by atoms with E-state index < -0.39 is 22.2 Å². The van der Waals surface area contributed by atoms with Gasteiger partial charge in [0.25, 0.3) is 0 Å². The van der Waals surface area contributed by atoms with Gasteiger partial charge in [-0.1, -0.05) is 41.5 Å². The van der Waals surface area contributed by atoms with Crippen LogP contribution in [0.3, 0.4) is 0 Å². The minimum Gasteiger partial charge on any atom is -0.422 e. The zero-order valence-corrected chi connectivity index (χ0v) is 20.2. The van der Waals surface area contributed by atoms with Crippen molar-refractivity contribution in [2.24, 2.45) is 10.8 Å². The standard InChI is InChI=1S/C21H31NO5.ClHO4/c1-20(2,3)11-18(24)26-16-9-8-14(15(23)13-22-7)10-17(16)27-19(25)12-21(4,5)6;2-1(3,4)5/h8-10,22H,11-13H2,1-7H3;(H,2,3,4,5). The second kappa shape index (κ2) is 12.2. The molecule has 1 aromatic carbocycles. The van der Waals surface area contributed by atoms with Gasteiger partial charge >= 0.3 is 11.9 Å². The maximum Gasteiger partial charge on any atom is 0.311 e. The molecule has 0 heterocycles. The van der Waals surface area contributed by atoms with E-state index in [1.807, 2.05) is 41.5 Å². The molecular weight excluding hydrogens is 446 g/mol. The van der Waals surface area contributed by atoms with E-state index in [-0.39, 0.29) is 47.5 Å². The SMILES string of the molecule is CNCC(=O)c1ccc(OC(=O)CC(C)(C)C)c(OC(=O)CC(C)(C)C)c1.[O-][Cl+3]([O-])([O-])O. The van der Waals surface area contributed by atoms with Crippen LogP contribution in [0.1, 0.15) is 64.7 Å². The molecule has 182 valence electrons. The van der Waals surface area contributed by atoms with Gasteiger partial charge in [-0.25, -0.2) is 0 Å². The van der Waals surface area contributed by atoms with E-state index in [1.165, 1.54) is 12.1 Å². The van der Waals surface area contributed by atoms with Crippen molar-refractivity contribution in [2.75, 3.05) is 13.6 Å². The van der Waals surface area contributed by atoms with Gasteiger partial charge < -0.3 is 14.8 Å². The fourth-order valence-corrected chi connectivity index (χ4v) is 2.29. The summed E-state index contributed by atoms with van der Waals surface area (Å²) in [6.07, 6.45) is 0.403. The molecule has 10 nitrogen and oxygen atoms in total. The van der Waals surface area contributed by atoms with Crippen molar-refractivity contribution >= 4 is 17.7 Å². The number of carbonyl (C=O) groups is 3. The summed E-state index contributed by atoms with van der Waals surface area (Å²) in [5, 5.41) is 2.79. The van der Waals surface area contributed by atoms with E-state index in [1.54, 1.807) is 13.1 Å². The predicted octanol–water partition coefficient (Wildman–Crippen LogP) is -0.352. The Labute approximate surface area is 190 Å². The highest BCUT2D eigenvalue weighted by Crippen LogP contribution is 2.31. The largest absolute Gasteiger partial charge is 0.422 e. The van der Waals surface area contributed by atoms with E-state index in [4.69, 9.17) is 28.1 Å². The molecule has 0 amide bonds. The van der Waals surface area contributed by atoms with Gasteiger partial charge in [-0.2, -0.15) is 14.0 Å². The van der Waals surface area contributed by atoms with Crippen molar-refractivity contribution in [3.63, 3.8) is 0 Å². The van der Waals surface area contributed by atoms with Gasteiger partial charge in [0.15, 0.2) is 17.3 Å². The van der Waals surface area contributed by atoms with Crippen LogP contribution in [0.15, 0.2) is 18.2 Å². The summed E-state index contributed by atoms with van der Waals surface area (Å²) >= 11 is 0. The van der Waals surface area contributed by atoms with Crippen LogP contribution in [0.25, 0.3) is 0 Å². The van der Waals surface area contributed by atoms with Gasteiger partial charge in [0.1, 0.15) is 0 Å². The van der Waals surface area contributed by atoms with Crippen LogP contribution in [-0.2, 0) is 9.59 Å². The Hall–Kier alpha value is -2.08. The average Bonchev–Trinajstić information content (AvgIpc) is 2.51. The molecule has 0 unspecified atom stereocenters. The van der Waals surface area contributed by atoms with Crippen molar-refractivity contribution in [3.05, 3.63) is 23.8 Å². The number of esters is 2. The first-order valence-electron chi connectivity index (χ1n) is 9.67. The van der Waals surface area contributed by atoms with Crippen molar-refractivity contribution in [1.82, 2.24) is 5.32 Å². The molecule has 0 fully saturated rings. The number of nitrogens with one attached hydrogen (secondary N) is 1. The Kier molecular flexibility index (Phi) is 11.4. The summed E-state index contributed by atoms with van der Waals surface area (Å²) in [4.78, 5) is 36.5. The fourth-order valence-electron chi connectivity index (χ4n) is 2.29. The molecule has 0 radical (unpaired) electrons. The van der Waals surface area contributed by atoms with Gasteiger partial charge in [0.2, 0.25) is 0 Å². The van der Waals surface area contributed by atoms with Crippen molar-refractivity contribution in [1.29, 1.82) is 0 Å². The number of hydrogen-bond donors (Lipinski definition) is 2. The molecule has 0 saturated heterocycles. The molecule has 0 aliphatic carbocycles. The van der Waals surface area contributed by atoms with E-state index in [0.717, 1.165) is 0 Å². The summed E-state index contributed by atoms with van der Waals surface area (Å²) in [6, 6.07) is 4.49. The molecule has 0 saturated carbocycles. The lowest BCUT2D eigenvalue weighted by Gasteiger charge is -2.19. The summed E-state index contributed by atoms with van der Waals surface area (Å²) in [6.45, 7) is 11.7. The number of halogens is 1. The third-order valence-electron chi connectivity index (χ3n) is 3.40. The van der Waals surface area contributed by atoms with E-state index >= 15 is 0 Å². The van der Waals surface area contributed by atoms with Gasteiger partial charge in [0, 0.05) is 5.56 Å². The highest BCUT2D eigenvalue weighted by Gasteiger charge is 2.23. The van der Waals surface area contributed by atoms with Crippen molar-refractivity contribution < 1.29 is 52.7 Å². The Morgan fingerprint density at radius 3 is 1.69 bits per heavy atom. The fraction of sp³-hybridized carbons (Fsp3) is 0.571. The first-order valence-corrected chi connectivity index (χ1v) is 10.9. The molecule has 11 heteroatoms. The maximum atomic E-state index is 12.2. The smallest absolute Gasteiger partial charge is 0.311 e. The highest BCUT2D eigenvalue weighted by atomic mass is 35.7. The molecular formula is C21H32ClNO9. The van der Waals surface area contributed by atoms with E-state index in [0.29, 0.717) is 5.56 Å². The molecule has 0 atom stereocenters. The molecule has 0 aromatic heterocycles. The number of likely N-dealkylation sites (N-methyl/N-ethyl adjacent to an activating group) is 1. The Balaban J connectivity index is 0.00000172. The lowest BCUT2D eigenvalue weighted by atomic mass is 9.92. The minimum absolute atomic E-state index is 0.0773. The van der Waals surface area contributed by atoms with Crippen LogP contribution in [-0.4, -0.2) is 36.0 Å². The predicted molar refractivity (Wildman–Crippen MR) is 106 cm³/mol. The van der Waals surface area contributed by atoms with Crippen LogP contribution in [0.4, 0.5) is 0 Å². The summed E-state index contributed by atoms with van der Waals surface area (Å²) < 4.78 is 43.6. The van der Waals surface area contributed by atoms with Gasteiger partial charge in [-0.05, 0) is 36.1 Å². The number of rotatable bonds is 7. The summed E-state index contributed by atoms with van der Waals surface area (Å²) in [7, 11) is -3.02. The quantitative estimate of drug-likeness (QED) is 0.300. The zero-order chi connectivity index (χ0) is 25.3. The second-order valence-corrected chi connectivity index (χ2v) is 10.2. The third kappa shape index (κ3) is 15.7. The Bertz CT molecular complexity index is 784. The molecule has 0 aliphatic heterocycles. The number of Topliss-reactive ketones (excluding diaryl/α,β-unsaturated/α-hetero) is 1. The number of ketones is 1. The monoisotopic (exact) mass is 477 g/mol. The minimum atomic E-state index is -4.69.